The summed E-state index contributed by atoms with van der Waals surface area (Å²) < 4.78 is 0. The molecule has 2 saturated carbocycles. The number of phenols is 1. The van der Waals surface area contributed by atoms with Gasteiger partial charge in [-0.2, -0.15) is 0 Å². The van der Waals surface area contributed by atoms with Gasteiger partial charge in [0.2, 0.25) is 5.91 Å². The first-order valence-corrected chi connectivity index (χ1v) is 9.81. The van der Waals surface area contributed by atoms with E-state index in [0.717, 1.165) is 0 Å². The monoisotopic (exact) mass is 426 g/mol. The molecule has 4 N–H and O–H groups in total. The number of hydrogen-bond donors (Lipinski definition) is 3. The molecule has 1 aromatic carbocycles. The molecule has 31 heavy (non-hydrogen) atoms. The van der Waals surface area contributed by atoms with E-state index in [1.54, 1.807) is 25.1 Å². The largest absolute Gasteiger partial charge is 0.507 e. The Bertz CT molecular complexity index is 1110. The minimum absolute atomic E-state index is 0.0403. The van der Waals surface area contributed by atoms with Crippen LogP contribution >= 0.6 is 0 Å². The van der Waals surface area contributed by atoms with E-state index in [2.05, 4.69) is 6.58 Å². The molecule has 0 spiro atoms. The Morgan fingerprint density at radius 1 is 1.16 bits per heavy atom. The van der Waals surface area contributed by atoms with Crippen molar-refractivity contribution in [2.24, 2.45) is 29.4 Å². The van der Waals surface area contributed by atoms with E-state index in [9.17, 15) is 34.2 Å². The van der Waals surface area contributed by atoms with Gasteiger partial charge in [-0.3, -0.25) is 24.0 Å². The fourth-order valence-electron chi connectivity index (χ4n) is 5.33. The first-order valence-electron chi connectivity index (χ1n) is 9.81. The van der Waals surface area contributed by atoms with Gasteiger partial charge in [0, 0.05) is 38.0 Å². The van der Waals surface area contributed by atoms with E-state index in [1.165, 1.54) is 6.07 Å². The molecule has 0 bridgehead atoms. The number of aliphatic hydroxyl groups is 1. The molecule has 9 nitrogen and oxygen atoms in total. The van der Waals surface area contributed by atoms with Crippen LogP contribution in [-0.4, -0.2) is 58.9 Å². The van der Waals surface area contributed by atoms with Crippen molar-refractivity contribution in [1.82, 2.24) is 0 Å². The lowest BCUT2D eigenvalue weighted by molar-refractivity contribution is -0.171. The number of primary amides is 1. The first kappa shape index (κ1) is 20.9. The van der Waals surface area contributed by atoms with Gasteiger partial charge in [-0.05, 0) is 24.1 Å². The molecule has 1 aromatic rings. The number of benzene rings is 1. The third-order valence-electron chi connectivity index (χ3n) is 6.84. The minimum atomic E-state index is -2.74. The fraction of sp³-hybridized carbons (Fsp3) is 0.409. The SMILES string of the molecule is C=C1C2Cc3c(N(C)C)ccc(O)c3C(=O)C2C(=O)C2(O)C(=O)C(C(N)=O)C(=O)CC12. The predicted molar refractivity (Wildman–Crippen MR) is 107 cm³/mol. The molecule has 5 unspecified atom stereocenters. The van der Waals surface area contributed by atoms with E-state index in [1.807, 2.05) is 0 Å². The minimum Gasteiger partial charge on any atom is -0.507 e. The molecule has 0 radical (unpaired) electrons. The van der Waals surface area contributed by atoms with Crippen LogP contribution in [0.25, 0.3) is 0 Å². The van der Waals surface area contributed by atoms with Crippen molar-refractivity contribution in [3.8, 4) is 5.75 Å². The Kier molecular flexibility index (Phi) is 4.44. The quantitative estimate of drug-likeness (QED) is 0.425. The molecule has 0 aromatic heterocycles. The number of aromatic hydroxyl groups is 1. The van der Waals surface area contributed by atoms with Crippen molar-refractivity contribution >= 4 is 34.7 Å². The van der Waals surface area contributed by atoms with Crippen LogP contribution in [0, 0.1) is 23.7 Å². The summed E-state index contributed by atoms with van der Waals surface area (Å²) >= 11 is 0. The van der Waals surface area contributed by atoms with Gasteiger partial charge in [0.1, 0.15) is 5.75 Å². The second kappa shape index (κ2) is 6.58. The smallest absolute Gasteiger partial charge is 0.235 e. The van der Waals surface area contributed by atoms with Crippen LogP contribution < -0.4 is 10.6 Å². The van der Waals surface area contributed by atoms with Gasteiger partial charge in [0.05, 0.1) is 11.5 Å². The maximum Gasteiger partial charge on any atom is 0.235 e. The molecule has 0 aliphatic heterocycles. The first-order chi connectivity index (χ1) is 14.4. The molecule has 3 aliphatic carbocycles. The molecule has 3 aliphatic rings. The lowest BCUT2D eigenvalue weighted by atomic mass is 9.52. The fourth-order valence-corrected chi connectivity index (χ4v) is 5.33. The molecule has 0 saturated heterocycles. The van der Waals surface area contributed by atoms with Crippen molar-refractivity contribution in [2.45, 2.75) is 18.4 Å². The van der Waals surface area contributed by atoms with Gasteiger partial charge in [-0.15, -0.1) is 0 Å². The van der Waals surface area contributed by atoms with Crippen molar-refractivity contribution in [3.63, 3.8) is 0 Å². The summed E-state index contributed by atoms with van der Waals surface area (Å²) in [5.74, 6) is -10.9. The number of phenolic OH excluding ortho intramolecular Hbond substituents is 1. The van der Waals surface area contributed by atoms with Crippen molar-refractivity contribution in [3.05, 3.63) is 35.4 Å². The number of Topliss-reactive ketones (excluding diaryl/α,β-unsaturated/α-hetero) is 4. The highest BCUT2D eigenvalue weighted by atomic mass is 16.3. The average Bonchev–Trinajstić information content (AvgIpc) is 2.68. The summed E-state index contributed by atoms with van der Waals surface area (Å²) in [5, 5.41) is 21.6. The average molecular weight is 426 g/mol. The van der Waals surface area contributed by atoms with Gasteiger partial charge in [-0.25, -0.2) is 0 Å². The number of nitrogens with two attached hydrogens (primary N) is 1. The summed E-state index contributed by atoms with van der Waals surface area (Å²) in [6.45, 7) is 3.94. The van der Waals surface area contributed by atoms with Crippen LogP contribution in [0.4, 0.5) is 5.69 Å². The summed E-state index contributed by atoms with van der Waals surface area (Å²) in [4.78, 5) is 65.6. The molecule has 0 heterocycles. The highest BCUT2D eigenvalue weighted by Gasteiger charge is 2.67. The van der Waals surface area contributed by atoms with Gasteiger partial charge < -0.3 is 20.8 Å². The van der Waals surface area contributed by atoms with Crippen LogP contribution in [-0.2, 0) is 25.6 Å². The number of amides is 1. The zero-order valence-electron chi connectivity index (χ0n) is 17.0. The summed E-state index contributed by atoms with van der Waals surface area (Å²) in [7, 11) is 3.54. The lowest BCUT2D eigenvalue weighted by Crippen LogP contribution is -2.68. The van der Waals surface area contributed by atoms with E-state index in [-0.39, 0.29) is 23.3 Å². The van der Waals surface area contributed by atoms with E-state index in [0.29, 0.717) is 11.3 Å². The maximum atomic E-state index is 13.4. The standard InChI is InChI=1S/C22H22N2O7/c1-8-9-6-10-12(24(2)3)4-5-13(25)15(10)18(27)16(9)19(28)22(31)11(8)7-14(26)17(20(22)29)21(23)30/h4-5,9,11,16-17,25,31H,1,6-7H2,2-3H3,(H2,23,30). The normalized spacial score (nSPS) is 32.3. The number of anilines is 1. The number of carbonyl (C=O) groups is 5. The maximum absolute atomic E-state index is 13.4. The van der Waals surface area contributed by atoms with Crippen LogP contribution in [0.5, 0.6) is 5.75 Å². The molecule has 1 amide bonds. The van der Waals surface area contributed by atoms with Crippen molar-refractivity contribution in [1.29, 1.82) is 0 Å². The third kappa shape index (κ3) is 2.56. The molecule has 162 valence electrons. The van der Waals surface area contributed by atoms with Crippen molar-refractivity contribution in [2.75, 3.05) is 19.0 Å². The molecular formula is C22H22N2O7. The topological polar surface area (TPSA) is 155 Å². The molecule has 4 rings (SSSR count). The molecule has 2 fully saturated rings. The second-order valence-corrected chi connectivity index (χ2v) is 8.63. The summed E-state index contributed by atoms with van der Waals surface area (Å²) in [5.41, 5.74) is 3.81. The number of rotatable bonds is 2. The van der Waals surface area contributed by atoms with E-state index in [4.69, 9.17) is 5.73 Å². The number of ketones is 4. The van der Waals surface area contributed by atoms with Gasteiger partial charge >= 0.3 is 0 Å². The second-order valence-electron chi connectivity index (χ2n) is 8.63. The molecule has 5 atom stereocenters. The Morgan fingerprint density at radius 2 is 1.81 bits per heavy atom. The van der Waals surface area contributed by atoms with E-state index < -0.39 is 64.7 Å². The Labute approximate surface area is 177 Å². The van der Waals surface area contributed by atoms with Gasteiger partial charge in [-0.1, -0.05) is 12.2 Å². The number of fused-ring (bicyclic) bond motifs is 3. The van der Waals surface area contributed by atoms with Gasteiger partial charge in [0.15, 0.2) is 34.7 Å². The van der Waals surface area contributed by atoms with Crippen LogP contribution in [0.15, 0.2) is 24.3 Å². The zero-order chi connectivity index (χ0) is 23.0. The Morgan fingerprint density at radius 3 is 2.39 bits per heavy atom. The van der Waals surface area contributed by atoms with E-state index >= 15 is 0 Å². The van der Waals surface area contributed by atoms with Crippen molar-refractivity contribution < 1.29 is 34.2 Å². The number of hydrogen-bond acceptors (Lipinski definition) is 8. The van der Waals surface area contributed by atoms with Crippen LogP contribution in [0.3, 0.4) is 0 Å². The van der Waals surface area contributed by atoms with Gasteiger partial charge in [0.25, 0.3) is 0 Å². The zero-order valence-corrected chi connectivity index (χ0v) is 17.0. The number of carbonyl (C=O) groups excluding carboxylic acids is 5. The Hall–Kier alpha value is -3.33. The predicted octanol–water partition coefficient (Wildman–Crippen LogP) is -0.441. The third-order valence-corrected chi connectivity index (χ3v) is 6.84. The van der Waals surface area contributed by atoms with Crippen LogP contribution in [0.2, 0.25) is 0 Å². The summed E-state index contributed by atoms with van der Waals surface area (Å²) in [6, 6.07) is 3.00. The highest BCUT2D eigenvalue weighted by Crippen LogP contribution is 2.52. The summed E-state index contributed by atoms with van der Waals surface area (Å²) in [6.07, 6.45) is -0.294. The Balaban J connectivity index is 1.89. The molecular weight excluding hydrogens is 404 g/mol. The highest BCUT2D eigenvalue weighted by molar-refractivity contribution is 6.32. The molecule has 9 heteroatoms. The lowest BCUT2D eigenvalue weighted by Gasteiger charge is -2.50. The van der Waals surface area contributed by atoms with Crippen LogP contribution in [0.1, 0.15) is 22.3 Å². The number of nitrogens with zero attached hydrogens (tertiary/aromatic N) is 1.